The van der Waals surface area contributed by atoms with Gasteiger partial charge in [-0.3, -0.25) is 9.59 Å². The van der Waals surface area contributed by atoms with E-state index in [4.69, 9.17) is 4.74 Å². The number of nitrogens with one attached hydrogen (secondary N) is 1. The standard InChI is InChI=1S/C74H141NO5/c1-3-5-7-9-11-13-15-17-38-42-46-50-54-58-62-66-72(77)71(70-76)75-73(78)67-63-59-55-51-47-43-40-36-34-32-30-28-26-24-22-20-19-21-23-25-27-29-31-33-35-37-41-45-49-53-57-61-65-69-80-74(79)68-64-60-56-52-48-44-39-18-16-14-12-10-8-6-4-2/h12,14,18,39,62,66,71-72,76-77H,3-11,13,15-17,19-38,40-61,63-65,67-70H2,1-2H3,(H,75,78)/b14-12-,39-18-,66-62+. The summed E-state index contributed by atoms with van der Waals surface area (Å²) in [5, 5.41) is 23.2. The van der Waals surface area contributed by atoms with Crippen LogP contribution in [0.4, 0.5) is 0 Å². The molecule has 0 saturated carbocycles. The lowest BCUT2D eigenvalue weighted by molar-refractivity contribution is -0.143. The molecule has 0 rings (SSSR count). The van der Waals surface area contributed by atoms with Crippen LogP contribution in [-0.2, 0) is 14.3 Å². The zero-order valence-corrected chi connectivity index (χ0v) is 54.1. The maximum absolute atomic E-state index is 12.5. The Kier molecular flexibility index (Phi) is 67.9. The highest BCUT2D eigenvalue weighted by Crippen LogP contribution is 2.19. The SMILES string of the molecule is CCCCC/C=C\C/C=C\CCCCCCCC(=O)OCCCCCCCCCCCCCCCCCCCCCCCCCCCCCCCCCCCC(=O)NC(CO)C(O)/C=C/CCCCCCCCCCCCCCC. The van der Waals surface area contributed by atoms with E-state index in [1.165, 1.54) is 321 Å². The van der Waals surface area contributed by atoms with E-state index in [2.05, 4.69) is 43.5 Å². The average molecular weight is 1120 g/mol. The summed E-state index contributed by atoms with van der Waals surface area (Å²) in [7, 11) is 0. The van der Waals surface area contributed by atoms with E-state index in [-0.39, 0.29) is 18.5 Å². The van der Waals surface area contributed by atoms with Gasteiger partial charge >= 0.3 is 5.97 Å². The monoisotopic (exact) mass is 1120 g/mol. The summed E-state index contributed by atoms with van der Waals surface area (Å²) in [6, 6.07) is -0.624. The molecule has 0 saturated heterocycles. The Morgan fingerprint density at radius 3 is 0.975 bits per heavy atom. The first-order valence-electron chi connectivity index (χ1n) is 36.3. The predicted molar refractivity (Wildman–Crippen MR) is 352 cm³/mol. The van der Waals surface area contributed by atoms with Gasteiger partial charge in [0.15, 0.2) is 0 Å². The van der Waals surface area contributed by atoms with Crippen LogP contribution in [0.1, 0.15) is 399 Å². The molecule has 0 aromatic heterocycles. The Hall–Kier alpha value is -1.92. The second-order valence-corrected chi connectivity index (χ2v) is 24.9. The third kappa shape index (κ3) is 65.2. The van der Waals surface area contributed by atoms with Crippen LogP contribution in [0.3, 0.4) is 0 Å². The Morgan fingerprint density at radius 1 is 0.350 bits per heavy atom. The molecule has 2 atom stereocenters. The van der Waals surface area contributed by atoms with Crippen molar-refractivity contribution in [3.8, 4) is 0 Å². The first-order valence-corrected chi connectivity index (χ1v) is 36.3. The second kappa shape index (κ2) is 69.6. The number of rotatable bonds is 68. The molecule has 2 unspecified atom stereocenters. The van der Waals surface area contributed by atoms with Crippen LogP contribution in [0.5, 0.6) is 0 Å². The number of aliphatic hydroxyl groups excluding tert-OH is 2. The molecule has 0 spiro atoms. The molecule has 80 heavy (non-hydrogen) atoms. The van der Waals surface area contributed by atoms with Crippen molar-refractivity contribution >= 4 is 11.9 Å². The largest absolute Gasteiger partial charge is 0.466 e. The highest BCUT2D eigenvalue weighted by atomic mass is 16.5. The first-order chi connectivity index (χ1) is 39.5. The number of hydrogen-bond donors (Lipinski definition) is 3. The summed E-state index contributed by atoms with van der Waals surface area (Å²) in [6.07, 6.45) is 89.6. The minimum absolute atomic E-state index is 0.00772. The summed E-state index contributed by atoms with van der Waals surface area (Å²) < 4.78 is 5.49. The van der Waals surface area contributed by atoms with E-state index in [0.29, 0.717) is 19.4 Å². The van der Waals surface area contributed by atoms with Gasteiger partial charge in [-0.25, -0.2) is 0 Å². The molecule has 0 aliphatic rings. The molecule has 0 aliphatic carbocycles. The Morgan fingerprint density at radius 2 is 0.625 bits per heavy atom. The van der Waals surface area contributed by atoms with Gasteiger partial charge in [-0.2, -0.15) is 0 Å². The van der Waals surface area contributed by atoms with Crippen molar-refractivity contribution in [3.05, 3.63) is 36.5 Å². The highest BCUT2D eigenvalue weighted by molar-refractivity contribution is 5.76. The zero-order valence-electron chi connectivity index (χ0n) is 54.1. The molecule has 0 radical (unpaired) electrons. The minimum Gasteiger partial charge on any atom is -0.466 e. The summed E-state index contributed by atoms with van der Waals surface area (Å²) in [4.78, 5) is 24.6. The smallest absolute Gasteiger partial charge is 0.305 e. The van der Waals surface area contributed by atoms with Crippen molar-refractivity contribution in [2.24, 2.45) is 0 Å². The van der Waals surface area contributed by atoms with Gasteiger partial charge in [0.1, 0.15) is 0 Å². The zero-order chi connectivity index (χ0) is 57.8. The normalized spacial score (nSPS) is 12.7. The number of amides is 1. The van der Waals surface area contributed by atoms with Gasteiger partial charge in [0.2, 0.25) is 5.91 Å². The van der Waals surface area contributed by atoms with E-state index < -0.39 is 12.1 Å². The highest BCUT2D eigenvalue weighted by Gasteiger charge is 2.18. The van der Waals surface area contributed by atoms with Crippen LogP contribution < -0.4 is 5.32 Å². The molecule has 6 nitrogen and oxygen atoms in total. The van der Waals surface area contributed by atoms with Crippen LogP contribution >= 0.6 is 0 Å². The number of carbonyl (C=O) groups excluding carboxylic acids is 2. The number of aliphatic hydroxyl groups is 2. The predicted octanol–water partition coefficient (Wildman–Crippen LogP) is 23.5. The van der Waals surface area contributed by atoms with Gasteiger partial charge < -0.3 is 20.3 Å². The van der Waals surface area contributed by atoms with Crippen LogP contribution in [0.15, 0.2) is 36.5 Å². The van der Waals surface area contributed by atoms with Gasteiger partial charge in [-0.1, -0.05) is 359 Å². The van der Waals surface area contributed by atoms with E-state index in [9.17, 15) is 19.8 Å². The van der Waals surface area contributed by atoms with Crippen LogP contribution in [0, 0.1) is 0 Å². The number of hydrogen-bond acceptors (Lipinski definition) is 5. The third-order valence-electron chi connectivity index (χ3n) is 16.9. The van der Waals surface area contributed by atoms with E-state index in [0.717, 1.165) is 51.4 Å². The Bertz CT molecular complexity index is 1300. The molecule has 0 heterocycles. The molecule has 472 valence electrons. The lowest BCUT2D eigenvalue weighted by Crippen LogP contribution is -2.45. The van der Waals surface area contributed by atoms with Crippen molar-refractivity contribution in [2.45, 2.75) is 411 Å². The molecule has 0 aromatic carbocycles. The second-order valence-electron chi connectivity index (χ2n) is 24.9. The topological polar surface area (TPSA) is 95.9 Å². The molecule has 0 bridgehead atoms. The summed E-state index contributed by atoms with van der Waals surface area (Å²) >= 11 is 0. The van der Waals surface area contributed by atoms with Crippen LogP contribution in [0.25, 0.3) is 0 Å². The fraction of sp³-hybridized carbons (Fsp3) is 0.892. The summed E-state index contributed by atoms with van der Waals surface area (Å²) in [6.45, 7) is 4.90. The lowest BCUT2D eigenvalue weighted by atomic mass is 10.0. The number of esters is 1. The Balaban J connectivity index is 3.33. The van der Waals surface area contributed by atoms with E-state index in [1.54, 1.807) is 6.08 Å². The Labute approximate surface area is 500 Å². The number of ether oxygens (including phenoxy) is 1. The molecule has 1 amide bonds. The number of unbranched alkanes of at least 4 members (excludes halogenated alkanes) is 53. The molecular weight excluding hydrogens is 983 g/mol. The van der Waals surface area contributed by atoms with Gasteiger partial charge in [0.05, 0.1) is 25.4 Å². The molecular formula is C74H141NO5. The minimum atomic E-state index is -0.841. The molecule has 6 heteroatoms. The molecule has 0 aliphatic heterocycles. The lowest BCUT2D eigenvalue weighted by Gasteiger charge is -2.20. The average Bonchev–Trinajstić information content (AvgIpc) is 3.46. The fourth-order valence-corrected chi connectivity index (χ4v) is 11.4. The summed E-state index contributed by atoms with van der Waals surface area (Å²) in [5.41, 5.74) is 0. The fourth-order valence-electron chi connectivity index (χ4n) is 11.4. The maximum Gasteiger partial charge on any atom is 0.305 e. The van der Waals surface area contributed by atoms with Crippen molar-refractivity contribution in [2.75, 3.05) is 13.2 Å². The molecule has 0 aromatic rings. The van der Waals surface area contributed by atoms with E-state index >= 15 is 0 Å². The van der Waals surface area contributed by atoms with Gasteiger partial charge in [-0.15, -0.1) is 0 Å². The van der Waals surface area contributed by atoms with Crippen molar-refractivity contribution in [1.29, 1.82) is 0 Å². The summed E-state index contributed by atoms with van der Waals surface area (Å²) in [5.74, 6) is -0.0532. The number of carbonyl (C=O) groups is 2. The quantitative estimate of drug-likeness (QED) is 0.0320. The van der Waals surface area contributed by atoms with E-state index in [1.807, 2.05) is 6.08 Å². The first kappa shape index (κ1) is 78.1. The van der Waals surface area contributed by atoms with Gasteiger partial charge in [-0.05, 0) is 64.2 Å². The third-order valence-corrected chi connectivity index (χ3v) is 16.9. The van der Waals surface area contributed by atoms with Crippen LogP contribution in [-0.4, -0.2) is 47.4 Å². The van der Waals surface area contributed by atoms with Gasteiger partial charge in [0, 0.05) is 12.8 Å². The van der Waals surface area contributed by atoms with Crippen molar-refractivity contribution in [3.63, 3.8) is 0 Å². The maximum atomic E-state index is 12.5. The molecule has 0 fully saturated rings. The molecule has 3 N–H and O–H groups in total. The van der Waals surface area contributed by atoms with Crippen molar-refractivity contribution in [1.82, 2.24) is 5.32 Å². The van der Waals surface area contributed by atoms with Crippen LogP contribution in [0.2, 0.25) is 0 Å². The van der Waals surface area contributed by atoms with Crippen molar-refractivity contribution < 1.29 is 24.5 Å². The van der Waals surface area contributed by atoms with Gasteiger partial charge in [0.25, 0.3) is 0 Å². The number of allylic oxidation sites excluding steroid dienone is 5.